The van der Waals surface area contributed by atoms with Gasteiger partial charge in [-0.05, 0) is 24.6 Å². The maximum Gasteiger partial charge on any atom is 0.236 e. The van der Waals surface area contributed by atoms with Crippen molar-refractivity contribution in [3.8, 4) is 0 Å². The zero-order valence-electron chi connectivity index (χ0n) is 13.4. The maximum absolute atomic E-state index is 12.3. The number of para-hydroxylation sites is 1. The summed E-state index contributed by atoms with van der Waals surface area (Å²) in [7, 11) is 0. The molecule has 132 valence electrons. The Morgan fingerprint density at radius 1 is 1.31 bits per heavy atom. The van der Waals surface area contributed by atoms with Crippen molar-refractivity contribution in [1.82, 2.24) is 19.6 Å². The number of aromatic nitrogens is 4. The van der Waals surface area contributed by atoms with Crippen molar-refractivity contribution in [3.05, 3.63) is 46.1 Å². The van der Waals surface area contributed by atoms with Crippen molar-refractivity contribution in [3.63, 3.8) is 0 Å². The third-order valence-corrected chi connectivity index (χ3v) is 6.49. The van der Waals surface area contributed by atoms with Crippen LogP contribution in [0.15, 0.2) is 35.6 Å². The number of thioether (sulfide) groups is 1. The highest BCUT2D eigenvalue weighted by molar-refractivity contribution is 7.99. The quantitative estimate of drug-likeness (QED) is 0.482. The third kappa shape index (κ3) is 3.14. The number of nitrogens with one attached hydrogen (secondary N) is 1. The normalized spacial score (nSPS) is 11.3. The van der Waals surface area contributed by atoms with Gasteiger partial charge in [0, 0.05) is 6.20 Å². The van der Waals surface area contributed by atoms with E-state index in [9.17, 15) is 4.79 Å². The van der Waals surface area contributed by atoms with Gasteiger partial charge in [0.15, 0.2) is 11.0 Å². The van der Waals surface area contributed by atoms with Crippen molar-refractivity contribution in [2.24, 2.45) is 0 Å². The molecule has 1 N–H and O–H groups in total. The highest BCUT2D eigenvalue weighted by Gasteiger charge is 2.15. The van der Waals surface area contributed by atoms with Gasteiger partial charge in [-0.2, -0.15) is 0 Å². The summed E-state index contributed by atoms with van der Waals surface area (Å²) in [5, 5.41) is 12.5. The Hall–Kier alpha value is -1.87. The summed E-state index contributed by atoms with van der Waals surface area (Å²) < 4.78 is 3.08. The predicted molar refractivity (Wildman–Crippen MR) is 107 cm³/mol. The fourth-order valence-electron chi connectivity index (χ4n) is 2.39. The number of halogens is 2. The second kappa shape index (κ2) is 7.03. The van der Waals surface area contributed by atoms with Crippen molar-refractivity contribution in [2.45, 2.75) is 12.1 Å². The first-order chi connectivity index (χ1) is 12.5. The zero-order valence-corrected chi connectivity index (χ0v) is 16.5. The average molecular weight is 424 g/mol. The largest absolute Gasteiger partial charge is 0.309 e. The van der Waals surface area contributed by atoms with Gasteiger partial charge >= 0.3 is 0 Å². The van der Waals surface area contributed by atoms with E-state index in [2.05, 4.69) is 20.5 Å². The van der Waals surface area contributed by atoms with Crippen LogP contribution in [0.5, 0.6) is 0 Å². The van der Waals surface area contributed by atoms with Crippen LogP contribution in [0.2, 0.25) is 10.0 Å². The Labute approximate surface area is 166 Å². The molecule has 0 aliphatic heterocycles. The molecular weight excluding hydrogens is 413 g/mol. The first-order valence-electron chi connectivity index (χ1n) is 7.50. The molecular formula is C16H11Cl2N5OS2. The molecule has 4 aromatic rings. The molecule has 3 aromatic heterocycles. The molecule has 1 aromatic carbocycles. The average Bonchev–Trinajstić information content (AvgIpc) is 3.20. The van der Waals surface area contributed by atoms with E-state index < -0.39 is 0 Å². The van der Waals surface area contributed by atoms with Crippen molar-refractivity contribution >= 4 is 73.2 Å². The van der Waals surface area contributed by atoms with Crippen molar-refractivity contribution in [1.29, 1.82) is 0 Å². The fourth-order valence-corrected chi connectivity index (χ4v) is 4.55. The monoisotopic (exact) mass is 423 g/mol. The second-order valence-electron chi connectivity index (χ2n) is 5.40. The summed E-state index contributed by atoms with van der Waals surface area (Å²) in [6.45, 7) is 1.77. The smallest absolute Gasteiger partial charge is 0.236 e. The highest BCUT2D eigenvalue weighted by Crippen LogP contribution is 2.30. The molecule has 26 heavy (non-hydrogen) atoms. The Bertz CT molecular complexity index is 1140. The van der Waals surface area contributed by atoms with E-state index in [1.165, 1.54) is 18.0 Å². The lowest BCUT2D eigenvalue weighted by Gasteiger charge is -2.08. The minimum Gasteiger partial charge on any atom is -0.309 e. The predicted octanol–water partition coefficient (Wildman–Crippen LogP) is 4.69. The zero-order chi connectivity index (χ0) is 18.3. The molecule has 0 radical (unpaired) electrons. The lowest BCUT2D eigenvalue weighted by atomic mass is 10.3. The molecule has 6 nitrogen and oxygen atoms in total. The van der Waals surface area contributed by atoms with Crippen LogP contribution < -0.4 is 5.32 Å². The Morgan fingerprint density at radius 2 is 2.12 bits per heavy atom. The van der Waals surface area contributed by atoms with Gasteiger partial charge in [0.25, 0.3) is 0 Å². The van der Waals surface area contributed by atoms with Crippen LogP contribution in [-0.2, 0) is 4.79 Å². The molecule has 0 bridgehead atoms. The second-order valence-corrected chi connectivity index (χ2v) is 8.14. The van der Waals surface area contributed by atoms with Crippen molar-refractivity contribution in [2.75, 3.05) is 11.1 Å². The number of hydrogen-bond donors (Lipinski definition) is 1. The van der Waals surface area contributed by atoms with Crippen LogP contribution in [0.3, 0.4) is 0 Å². The van der Waals surface area contributed by atoms with E-state index in [0.29, 0.717) is 26.6 Å². The van der Waals surface area contributed by atoms with Crippen LogP contribution in [0.25, 0.3) is 15.2 Å². The Morgan fingerprint density at radius 3 is 2.96 bits per heavy atom. The van der Waals surface area contributed by atoms with Gasteiger partial charge in [-0.1, -0.05) is 58.4 Å². The van der Waals surface area contributed by atoms with Gasteiger partial charge in [-0.3, -0.25) is 9.20 Å². The van der Waals surface area contributed by atoms with Gasteiger partial charge < -0.3 is 5.32 Å². The molecule has 0 saturated heterocycles. The number of carbonyl (C=O) groups is 1. The lowest BCUT2D eigenvalue weighted by Crippen LogP contribution is -2.16. The van der Waals surface area contributed by atoms with Crippen LogP contribution in [0.4, 0.5) is 5.82 Å². The van der Waals surface area contributed by atoms with E-state index in [4.69, 9.17) is 23.2 Å². The standard InChI is InChI=1S/C16H11Cl2N5OS2/c1-8-9(17)6-19-14(13(8)18)20-12(24)7-25-15-21-22-16-23(15)10-4-2-3-5-11(10)26-16/h2-6H,7H2,1H3,(H,19,20,24). The summed E-state index contributed by atoms with van der Waals surface area (Å²) in [4.78, 5) is 17.1. The van der Waals surface area contributed by atoms with Gasteiger partial charge in [0.1, 0.15) is 0 Å². The molecule has 10 heteroatoms. The topological polar surface area (TPSA) is 72.2 Å². The number of pyridine rings is 1. The fraction of sp³-hybridized carbons (Fsp3) is 0.125. The van der Waals surface area contributed by atoms with Crippen LogP contribution in [0, 0.1) is 6.92 Å². The number of anilines is 1. The molecule has 0 saturated carbocycles. The number of benzene rings is 1. The first kappa shape index (κ1) is 17.5. The van der Waals surface area contributed by atoms with Crippen molar-refractivity contribution < 1.29 is 4.79 Å². The van der Waals surface area contributed by atoms with Gasteiger partial charge in [-0.15, -0.1) is 10.2 Å². The summed E-state index contributed by atoms with van der Waals surface area (Å²) in [5.41, 5.74) is 1.70. The maximum atomic E-state index is 12.3. The highest BCUT2D eigenvalue weighted by atomic mass is 35.5. The number of hydrogen-bond acceptors (Lipinski definition) is 6. The molecule has 0 aliphatic rings. The number of nitrogens with zero attached hydrogens (tertiary/aromatic N) is 4. The molecule has 0 aliphatic carbocycles. The minimum absolute atomic E-state index is 0.157. The lowest BCUT2D eigenvalue weighted by molar-refractivity contribution is -0.113. The number of carbonyl (C=O) groups excluding carboxylic acids is 1. The summed E-state index contributed by atoms with van der Waals surface area (Å²) in [6.07, 6.45) is 1.46. The number of rotatable bonds is 4. The number of amides is 1. The van der Waals surface area contributed by atoms with Gasteiger partial charge in [0.05, 0.1) is 26.0 Å². The Kier molecular flexibility index (Phi) is 4.74. The molecule has 0 fully saturated rings. The van der Waals surface area contributed by atoms with E-state index in [1.54, 1.807) is 18.3 Å². The van der Waals surface area contributed by atoms with Crippen LogP contribution in [-0.4, -0.2) is 31.2 Å². The third-order valence-electron chi connectivity index (χ3n) is 3.70. The van der Waals surface area contributed by atoms with E-state index >= 15 is 0 Å². The first-order valence-corrected chi connectivity index (χ1v) is 10.1. The number of thiazole rings is 1. The molecule has 0 unspecified atom stereocenters. The molecule has 1 amide bonds. The molecule has 0 atom stereocenters. The SMILES string of the molecule is Cc1c(Cl)cnc(NC(=O)CSc2nnc3sc4ccccc4n23)c1Cl. The summed E-state index contributed by atoms with van der Waals surface area (Å²) in [6, 6.07) is 7.99. The van der Waals surface area contributed by atoms with Crippen LogP contribution >= 0.6 is 46.3 Å². The van der Waals surface area contributed by atoms with E-state index in [-0.39, 0.29) is 11.7 Å². The number of fused-ring (bicyclic) bond motifs is 3. The van der Waals surface area contributed by atoms with E-state index in [0.717, 1.165) is 15.2 Å². The van der Waals surface area contributed by atoms with Gasteiger partial charge in [-0.25, -0.2) is 4.98 Å². The molecule has 0 spiro atoms. The Balaban J connectivity index is 1.52. The molecule has 4 rings (SSSR count). The minimum atomic E-state index is -0.234. The van der Waals surface area contributed by atoms with E-state index in [1.807, 2.05) is 28.7 Å². The van der Waals surface area contributed by atoms with Gasteiger partial charge in [0.2, 0.25) is 10.9 Å². The summed E-state index contributed by atoms with van der Waals surface area (Å²) in [5.74, 6) is 0.221. The molecule has 3 heterocycles. The van der Waals surface area contributed by atoms with Crippen LogP contribution in [0.1, 0.15) is 5.56 Å². The summed E-state index contributed by atoms with van der Waals surface area (Å²) >= 11 is 15.0.